The summed E-state index contributed by atoms with van der Waals surface area (Å²) in [5.41, 5.74) is 0. The van der Waals surface area contributed by atoms with Crippen LogP contribution in [0.5, 0.6) is 0 Å². The van der Waals surface area contributed by atoms with E-state index < -0.39 is 0 Å². The van der Waals surface area contributed by atoms with E-state index in [-0.39, 0.29) is 18.0 Å². The Morgan fingerprint density at radius 3 is 2.52 bits per heavy atom. The zero-order valence-corrected chi connectivity index (χ0v) is 13.7. The molecule has 1 N–H and O–H groups in total. The van der Waals surface area contributed by atoms with E-state index in [1.54, 1.807) is 0 Å². The van der Waals surface area contributed by atoms with Gasteiger partial charge in [-0.25, -0.2) is 4.79 Å². The molecule has 3 rings (SSSR count). The maximum atomic E-state index is 12.3. The van der Waals surface area contributed by atoms with Crippen LogP contribution in [-0.4, -0.2) is 67.2 Å². The molecule has 3 aliphatic rings. The molecule has 2 unspecified atom stereocenters. The van der Waals surface area contributed by atoms with Crippen LogP contribution in [0.25, 0.3) is 0 Å². The van der Waals surface area contributed by atoms with Crippen LogP contribution in [0.4, 0.5) is 4.79 Å². The molecule has 0 saturated carbocycles. The molecule has 0 aromatic carbocycles. The van der Waals surface area contributed by atoms with Crippen molar-refractivity contribution >= 4 is 11.9 Å². The van der Waals surface area contributed by atoms with Crippen molar-refractivity contribution in [1.29, 1.82) is 0 Å². The lowest BCUT2D eigenvalue weighted by molar-refractivity contribution is -0.142. The van der Waals surface area contributed by atoms with Gasteiger partial charge in [-0.15, -0.1) is 0 Å². The molecule has 2 fully saturated rings. The van der Waals surface area contributed by atoms with E-state index >= 15 is 0 Å². The number of nitrogens with one attached hydrogen (secondary N) is 1. The highest BCUT2D eigenvalue weighted by atomic mass is 16.5. The Morgan fingerprint density at radius 1 is 1.09 bits per heavy atom. The van der Waals surface area contributed by atoms with Crippen LogP contribution >= 0.6 is 0 Å². The number of ether oxygens (including phenoxy) is 1. The van der Waals surface area contributed by atoms with Crippen LogP contribution in [0.2, 0.25) is 0 Å². The molecule has 0 bridgehead atoms. The lowest BCUT2D eigenvalue weighted by Crippen LogP contribution is -2.55. The fourth-order valence-corrected chi connectivity index (χ4v) is 3.49. The molecule has 2 heterocycles. The zero-order valence-electron chi connectivity index (χ0n) is 13.7. The Balaban J connectivity index is 1.38. The Hall–Kier alpha value is -1.56. The zero-order chi connectivity index (χ0) is 16.1. The second kappa shape index (κ2) is 7.81. The molecule has 128 valence electrons. The lowest BCUT2D eigenvalue weighted by atomic mass is 9.94. The number of nitrogens with zero attached hydrogens (tertiary/aromatic N) is 2. The second-order valence-corrected chi connectivity index (χ2v) is 6.65. The van der Waals surface area contributed by atoms with Gasteiger partial charge in [0.25, 0.3) is 5.91 Å². The van der Waals surface area contributed by atoms with Crippen LogP contribution in [0.15, 0.2) is 12.2 Å². The monoisotopic (exact) mass is 321 g/mol. The largest absolute Gasteiger partial charge is 0.368 e. The van der Waals surface area contributed by atoms with E-state index in [4.69, 9.17) is 4.74 Å². The van der Waals surface area contributed by atoms with Crippen LogP contribution in [0, 0.1) is 5.92 Å². The first kappa shape index (κ1) is 16.3. The SMILES string of the molecule is O=C(NCC1CC=CCC1)N1CCN(C(=O)C2CCCO2)CC1. The van der Waals surface area contributed by atoms with E-state index in [1.807, 2.05) is 9.80 Å². The first-order valence-electron chi connectivity index (χ1n) is 8.82. The number of hydrogen-bond donors (Lipinski definition) is 1. The number of piperazine rings is 1. The van der Waals surface area contributed by atoms with Gasteiger partial charge in [0, 0.05) is 39.3 Å². The third kappa shape index (κ3) is 4.25. The minimum atomic E-state index is -0.255. The van der Waals surface area contributed by atoms with Gasteiger partial charge in [0.1, 0.15) is 6.10 Å². The Morgan fingerprint density at radius 2 is 1.87 bits per heavy atom. The van der Waals surface area contributed by atoms with Gasteiger partial charge in [-0.3, -0.25) is 4.79 Å². The molecule has 3 amide bonds. The number of rotatable bonds is 3. The van der Waals surface area contributed by atoms with Crippen molar-refractivity contribution < 1.29 is 14.3 Å². The normalized spacial score (nSPS) is 28.0. The highest BCUT2D eigenvalue weighted by molar-refractivity contribution is 5.81. The van der Waals surface area contributed by atoms with Gasteiger partial charge >= 0.3 is 6.03 Å². The standard InChI is InChI=1S/C17H27N3O3/c21-16(15-7-4-12-23-15)19-8-10-20(11-9-19)17(22)18-13-14-5-2-1-3-6-14/h1-2,14-15H,3-13H2,(H,18,22). The van der Waals surface area contributed by atoms with Crippen molar-refractivity contribution in [3.8, 4) is 0 Å². The van der Waals surface area contributed by atoms with E-state index in [2.05, 4.69) is 17.5 Å². The first-order valence-corrected chi connectivity index (χ1v) is 8.82. The molecule has 23 heavy (non-hydrogen) atoms. The number of allylic oxidation sites excluding steroid dienone is 2. The summed E-state index contributed by atoms with van der Waals surface area (Å²) in [6.07, 6.45) is 9.28. The molecule has 0 spiro atoms. The molecule has 6 nitrogen and oxygen atoms in total. The first-order chi connectivity index (χ1) is 11.2. The van der Waals surface area contributed by atoms with Gasteiger partial charge in [0.2, 0.25) is 0 Å². The summed E-state index contributed by atoms with van der Waals surface area (Å²) in [4.78, 5) is 28.2. The van der Waals surface area contributed by atoms with Crippen molar-refractivity contribution in [2.75, 3.05) is 39.3 Å². The van der Waals surface area contributed by atoms with Crippen LogP contribution in [-0.2, 0) is 9.53 Å². The molecule has 2 saturated heterocycles. The van der Waals surface area contributed by atoms with Crippen LogP contribution < -0.4 is 5.32 Å². The third-order valence-electron chi connectivity index (χ3n) is 5.00. The van der Waals surface area contributed by atoms with Gasteiger partial charge in [-0.1, -0.05) is 12.2 Å². The summed E-state index contributed by atoms with van der Waals surface area (Å²) >= 11 is 0. The summed E-state index contributed by atoms with van der Waals surface area (Å²) in [6.45, 7) is 3.87. The lowest BCUT2D eigenvalue weighted by Gasteiger charge is -2.36. The fraction of sp³-hybridized carbons (Fsp3) is 0.765. The highest BCUT2D eigenvalue weighted by Gasteiger charge is 2.31. The van der Waals surface area contributed by atoms with E-state index in [9.17, 15) is 9.59 Å². The summed E-state index contributed by atoms with van der Waals surface area (Å²) in [6, 6.07) is 0.00349. The third-order valence-corrected chi connectivity index (χ3v) is 5.00. The summed E-state index contributed by atoms with van der Waals surface area (Å²) in [5.74, 6) is 0.655. The van der Waals surface area contributed by atoms with Gasteiger partial charge in [-0.2, -0.15) is 0 Å². The fourth-order valence-electron chi connectivity index (χ4n) is 3.49. The summed E-state index contributed by atoms with van der Waals surface area (Å²) in [5, 5.41) is 3.05. The molecule has 2 aliphatic heterocycles. The van der Waals surface area contributed by atoms with E-state index in [1.165, 1.54) is 0 Å². The predicted octanol–water partition coefficient (Wildman–Crippen LogP) is 1.38. The minimum Gasteiger partial charge on any atom is -0.368 e. The van der Waals surface area contributed by atoms with E-state index in [0.29, 0.717) is 38.7 Å². The molecular weight excluding hydrogens is 294 g/mol. The average Bonchev–Trinajstić information content (AvgIpc) is 3.15. The van der Waals surface area contributed by atoms with Gasteiger partial charge < -0.3 is 19.9 Å². The molecule has 2 atom stereocenters. The summed E-state index contributed by atoms with van der Waals surface area (Å²) in [7, 11) is 0. The Kier molecular flexibility index (Phi) is 5.54. The van der Waals surface area contributed by atoms with Gasteiger partial charge in [0.05, 0.1) is 0 Å². The van der Waals surface area contributed by atoms with Crippen molar-refractivity contribution in [3.05, 3.63) is 12.2 Å². The van der Waals surface area contributed by atoms with Crippen molar-refractivity contribution in [2.45, 2.75) is 38.2 Å². The quantitative estimate of drug-likeness (QED) is 0.799. The molecule has 0 radical (unpaired) electrons. The van der Waals surface area contributed by atoms with Crippen molar-refractivity contribution in [1.82, 2.24) is 15.1 Å². The average molecular weight is 321 g/mol. The minimum absolute atomic E-state index is 0.00349. The number of amides is 3. The molecule has 0 aromatic heterocycles. The number of carbonyl (C=O) groups excluding carboxylic acids is 2. The molecule has 0 aromatic rings. The van der Waals surface area contributed by atoms with Crippen LogP contribution in [0.3, 0.4) is 0 Å². The van der Waals surface area contributed by atoms with Crippen molar-refractivity contribution in [2.24, 2.45) is 5.92 Å². The highest BCUT2D eigenvalue weighted by Crippen LogP contribution is 2.18. The molecule has 1 aliphatic carbocycles. The maximum absolute atomic E-state index is 12.3. The smallest absolute Gasteiger partial charge is 0.317 e. The van der Waals surface area contributed by atoms with Gasteiger partial charge in [-0.05, 0) is 38.0 Å². The number of urea groups is 1. The molecular formula is C17H27N3O3. The number of hydrogen-bond acceptors (Lipinski definition) is 3. The summed E-state index contributed by atoms with van der Waals surface area (Å²) < 4.78 is 5.46. The van der Waals surface area contributed by atoms with Crippen molar-refractivity contribution in [3.63, 3.8) is 0 Å². The van der Waals surface area contributed by atoms with E-state index in [0.717, 1.165) is 38.6 Å². The maximum Gasteiger partial charge on any atom is 0.317 e. The van der Waals surface area contributed by atoms with Gasteiger partial charge in [0.15, 0.2) is 0 Å². The Labute approximate surface area is 137 Å². The van der Waals surface area contributed by atoms with Crippen LogP contribution in [0.1, 0.15) is 32.1 Å². The number of carbonyl (C=O) groups is 2. The topological polar surface area (TPSA) is 61.9 Å². The Bertz CT molecular complexity index is 452. The second-order valence-electron chi connectivity index (χ2n) is 6.65. The molecule has 6 heteroatoms. The predicted molar refractivity (Wildman–Crippen MR) is 87.0 cm³/mol.